The molecule has 2 rings (SSSR count). The van der Waals surface area contributed by atoms with Crippen LogP contribution < -0.4 is 0 Å². The Hall–Kier alpha value is -0.935. The Morgan fingerprint density at radius 1 is 1.48 bits per heavy atom. The van der Waals surface area contributed by atoms with Crippen molar-refractivity contribution in [3.8, 4) is 0 Å². The van der Waals surface area contributed by atoms with E-state index >= 15 is 0 Å². The van der Waals surface area contributed by atoms with Crippen LogP contribution in [0.2, 0.25) is 0 Å². The lowest BCUT2D eigenvalue weighted by atomic mass is 9.90. The maximum atomic E-state index is 12.1. The van der Waals surface area contributed by atoms with Gasteiger partial charge in [-0.25, -0.2) is 0 Å². The largest absolute Gasteiger partial charge is 0.461 e. The summed E-state index contributed by atoms with van der Waals surface area (Å²) in [6, 6.07) is 9.96. The Morgan fingerprint density at radius 3 is 2.76 bits per heavy atom. The molecule has 21 heavy (non-hydrogen) atoms. The summed E-state index contributed by atoms with van der Waals surface area (Å²) in [5.41, 5.74) is 0.667. The van der Waals surface area contributed by atoms with Crippen LogP contribution >= 0.6 is 11.8 Å². The molecule has 1 heterocycles. The van der Waals surface area contributed by atoms with Gasteiger partial charge >= 0.3 is 5.97 Å². The minimum absolute atomic E-state index is 0.172. The fraction of sp³-hybridized carbons (Fsp3) is 0.562. The van der Waals surface area contributed by atoms with Gasteiger partial charge in [-0.1, -0.05) is 37.3 Å². The van der Waals surface area contributed by atoms with Gasteiger partial charge in [-0.05, 0) is 24.7 Å². The lowest BCUT2D eigenvalue weighted by Gasteiger charge is -2.26. The smallest absolute Gasteiger partial charge is 0.309 e. The van der Waals surface area contributed by atoms with Crippen LogP contribution in [-0.2, 0) is 20.9 Å². The molecular formula is C16H23BO3S. The first-order valence-electron chi connectivity index (χ1n) is 7.49. The maximum absolute atomic E-state index is 12.1. The Labute approximate surface area is 132 Å². The highest BCUT2D eigenvalue weighted by molar-refractivity contribution is 7.99. The van der Waals surface area contributed by atoms with E-state index in [1.165, 1.54) is 0 Å². The van der Waals surface area contributed by atoms with Crippen LogP contribution in [0.25, 0.3) is 0 Å². The van der Waals surface area contributed by atoms with Gasteiger partial charge in [0.05, 0.1) is 12.0 Å². The third-order valence-corrected chi connectivity index (χ3v) is 5.34. The molecule has 1 fully saturated rings. The molecule has 0 aliphatic carbocycles. The summed E-state index contributed by atoms with van der Waals surface area (Å²) >= 11 is 1.82. The van der Waals surface area contributed by atoms with Gasteiger partial charge in [-0.15, -0.1) is 0 Å². The third kappa shape index (κ3) is 4.27. The highest BCUT2D eigenvalue weighted by atomic mass is 32.2. The molecular weight excluding hydrogens is 283 g/mol. The molecule has 0 aromatic heterocycles. The molecule has 3 atom stereocenters. The SMILES string of the molecule is BC1O[C@@](CC)(CC(=O)OCc2ccccc2)CC1SC. The highest BCUT2D eigenvalue weighted by Crippen LogP contribution is 2.40. The van der Waals surface area contributed by atoms with Gasteiger partial charge < -0.3 is 9.47 Å². The van der Waals surface area contributed by atoms with E-state index in [-0.39, 0.29) is 17.6 Å². The van der Waals surface area contributed by atoms with Gasteiger partial charge in [0.1, 0.15) is 14.5 Å². The summed E-state index contributed by atoms with van der Waals surface area (Å²) in [7, 11) is 2.09. The number of rotatable bonds is 6. The number of thioether (sulfide) groups is 1. The van der Waals surface area contributed by atoms with E-state index in [2.05, 4.69) is 21.0 Å². The van der Waals surface area contributed by atoms with E-state index in [1.54, 1.807) is 0 Å². The van der Waals surface area contributed by atoms with Crippen LogP contribution in [0.15, 0.2) is 30.3 Å². The second-order valence-corrected chi connectivity index (χ2v) is 6.74. The van der Waals surface area contributed by atoms with Gasteiger partial charge in [0.2, 0.25) is 0 Å². The predicted molar refractivity (Wildman–Crippen MR) is 89.2 cm³/mol. The number of hydrogen-bond acceptors (Lipinski definition) is 4. The first-order valence-corrected chi connectivity index (χ1v) is 8.77. The van der Waals surface area contributed by atoms with Crippen LogP contribution in [0, 0.1) is 0 Å². The molecule has 5 heteroatoms. The monoisotopic (exact) mass is 306 g/mol. The second-order valence-electron chi connectivity index (χ2n) is 5.66. The third-order valence-electron chi connectivity index (χ3n) is 4.19. The van der Waals surface area contributed by atoms with Crippen molar-refractivity contribution in [1.29, 1.82) is 0 Å². The fourth-order valence-corrected chi connectivity index (χ4v) is 3.75. The van der Waals surface area contributed by atoms with Crippen LogP contribution in [0.4, 0.5) is 0 Å². The van der Waals surface area contributed by atoms with Gasteiger partial charge in [0, 0.05) is 11.3 Å². The van der Waals surface area contributed by atoms with Crippen molar-refractivity contribution in [3.63, 3.8) is 0 Å². The van der Waals surface area contributed by atoms with Crippen molar-refractivity contribution < 1.29 is 14.3 Å². The number of carbonyl (C=O) groups is 1. The zero-order valence-corrected chi connectivity index (χ0v) is 13.8. The molecule has 0 N–H and O–H groups in total. The van der Waals surface area contributed by atoms with Crippen LogP contribution in [0.1, 0.15) is 31.7 Å². The first kappa shape index (κ1) is 16.4. The van der Waals surface area contributed by atoms with Crippen molar-refractivity contribution in [2.24, 2.45) is 0 Å². The zero-order valence-electron chi connectivity index (χ0n) is 13.0. The van der Waals surface area contributed by atoms with Crippen molar-refractivity contribution in [2.75, 3.05) is 6.26 Å². The Morgan fingerprint density at radius 2 is 2.19 bits per heavy atom. The normalized spacial score (nSPS) is 28.5. The van der Waals surface area contributed by atoms with Gasteiger partial charge in [-0.2, -0.15) is 11.8 Å². The molecule has 2 unspecified atom stereocenters. The van der Waals surface area contributed by atoms with Gasteiger partial charge in [0.15, 0.2) is 0 Å². The van der Waals surface area contributed by atoms with E-state index in [9.17, 15) is 4.79 Å². The molecule has 0 amide bonds. The average Bonchev–Trinajstić information content (AvgIpc) is 2.82. The lowest BCUT2D eigenvalue weighted by Crippen LogP contribution is -2.32. The second kappa shape index (κ2) is 7.36. The Bertz CT molecular complexity index is 468. The number of carbonyl (C=O) groups excluding carboxylic acids is 1. The molecule has 0 radical (unpaired) electrons. The standard InChI is InChI=1S/C16H23BO3S/c1-3-16(9-13(21-2)15(17)20-16)10-14(18)19-11-12-7-5-4-6-8-12/h4-8,13,15H,3,9-11,17H2,1-2H3/t13?,15?,16-/m1/s1. The number of hydrogen-bond donors (Lipinski definition) is 0. The van der Waals surface area contributed by atoms with Crippen molar-refractivity contribution in [3.05, 3.63) is 35.9 Å². The van der Waals surface area contributed by atoms with Crippen molar-refractivity contribution >= 4 is 25.6 Å². The summed E-state index contributed by atoms with van der Waals surface area (Å²) in [4.78, 5) is 12.1. The van der Waals surface area contributed by atoms with Crippen LogP contribution in [0.5, 0.6) is 0 Å². The van der Waals surface area contributed by atoms with Gasteiger partial charge in [-0.3, -0.25) is 4.79 Å². The molecule has 1 aliphatic heterocycles. The average molecular weight is 306 g/mol. The van der Waals surface area contributed by atoms with E-state index in [1.807, 2.05) is 42.1 Å². The number of benzene rings is 1. The van der Waals surface area contributed by atoms with E-state index in [0.29, 0.717) is 18.3 Å². The fourth-order valence-electron chi connectivity index (χ4n) is 2.84. The van der Waals surface area contributed by atoms with Gasteiger partial charge in [0.25, 0.3) is 0 Å². The zero-order chi connectivity index (χ0) is 15.3. The minimum Gasteiger partial charge on any atom is -0.461 e. The maximum Gasteiger partial charge on any atom is 0.309 e. The highest BCUT2D eigenvalue weighted by Gasteiger charge is 2.44. The van der Waals surface area contributed by atoms with E-state index < -0.39 is 0 Å². The van der Waals surface area contributed by atoms with Crippen molar-refractivity contribution in [2.45, 2.75) is 49.6 Å². The lowest BCUT2D eigenvalue weighted by molar-refractivity contribution is -0.152. The van der Waals surface area contributed by atoms with Crippen molar-refractivity contribution in [1.82, 2.24) is 0 Å². The molecule has 1 saturated heterocycles. The summed E-state index contributed by atoms with van der Waals surface area (Å²) in [5.74, 6) is -0.172. The molecule has 1 aromatic rings. The summed E-state index contributed by atoms with van der Waals surface area (Å²) in [6.45, 7) is 2.42. The summed E-state index contributed by atoms with van der Waals surface area (Å²) in [5, 5.41) is 0.465. The number of ether oxygens (including phenoxy) is 2. The first-order chi connectivity index (χ1) is 10.1. The van der Waals surface area contributed by atoms with E-state index in [0.717, 1.165) is 18.4 Å². The van der Waals surface area contributed by atoms with Crippen LogP contribution in [0.3, 0.4) is 0 Å². The molecule has 0 bridgehead atoms. The Kier molecular flexibility index (Phi) is 5.76. The van der Waals surface area contributed by atoms with E-state index in [4.69, 9.17) is 9.47 Å². The molecule has 0 saturated carbocycles. The van der Waals surface area contributed by atoms with Crippen LogP contribution in [-0.4, -0.2) is 36.9 Å². The molecule has 3 nitrogen and oxygen atoms in total. The Balaban J connectivity index is 1.89. The summed E-state index contributed by atoms with van der Waals surface area (Å²) < 4.78 is 11.5. The topological polar surface area (TPSA) is 35.5 Å². The molecule has 1 aromatic carbocycles. The summed E-state index contributed by atoms with van der Waals surface area (Å²) in [6.07, 6.45) is 4.21. The predicted octanol–water partition coefficient (Wildman–Crippen LogP) is 2.38. The molecule has 0 spiro atoms. The quantitative estimate of drug-likeness (QED) is 0.597. The molecule has 1 aliphatic rings. The number of esters is 1. The minimum atomic E-state index is -0.346. The molecule has 114 valence electrons.